The molecule has 1 aromatic carbocycles. The number of nitrogens with two attached hydrogens (primary N) is 1. The number of nitrogens with one attached hydrogen (secondary N) is 1. The number of hydrogen-bond acceptors (Lipinski definition) is 4. The molecule has 4 heteroatoms. The number of methoxy groups -OCH3 is 1. The van der Waals surface area contributed by atoms with Crippen molar-refractivity contribution in [2.75, 3.05) is 18.2 Å². The first-order chi connectivity index (χ1) is 8.61. The van der Waals surface area contributed by atoms with Gasteiger partial charge in [-0.2, -0.15) is 0 Å². The summed E-state index contributed by atoms with van der Waals surface area (Å²) in [6.07, 6.45) is 3.70. The average Bonchev–Trinajstić information content (AvgIpc) is 2.76. The topological polar surface area (TPSA) is 64.3 Å². The second-order valence-corrected chi connectivity index (χ2v) is 4.95. The Morgan fingerprint density at radius 2 is 2.22 bits per heavy atom. The normalized spacial score (nSPS) is 22.8. The lowest BCUT2D eigenvalue weighted by Gasteiger charge is -2.19. The van der Waals surface area contributed by atoms with Crippen LogP contribution in [0.5, 0.6) is 0 Å². The first-order valence-corrected chi connectivity index (χ1v) is 6.36. The molecular formula is C14H20N2O2. The van der Waals surface area contributed by atoms with Gasteiger partial charge in [0.15, 0.2) is 0 Å². The molecule has 2 rings (SSSR count). The minimum absolute atomic E-state index is 0.393. The van der Waals surface area contributed by atoms with Gasteiger partial charge in [-0.25, -0.2) is 4.79 Å². The summed E-state index contributed by atoms with van der Waals surface area (Å²) in [6, 6.07) is 5.91. The standard InChI is InChI=1S/C14H20N2O2/c1-9-4-3-5-13(9)16-10-6-7-12(15)11(8-10)14(17)18-2/h6-9,13,16H,3-5,15H2,1-2H3. The highest BCUT2D eigenvalue weighted by Crippen LogP contribution is 2.29. The van der Waals surface area contributed by atoms with Crippen molar-refractivity contribution < 1.29 is 9.53 Å². The summed E-state index contributed by atoms with van der Waals surface area (Å²) in [5, 5.41) is 3.47. The van der Waals surface area contributed by atoms with Crippen molar-refractivity contribution in [3.05, 3.63) is 23.8 Å². The second-order valence-electron chi connectivity index (χ2n) is 4.95. The Morgan fingerprint density at radius 3 is 2.83 bits per heavy atom. The number of esters is 1. The minimum Gasteiger partial charge on any atom is -0.465 e. The highest BCUT2D eigenvalue weighted by molar-refractivity contribution is 5.96. The molecule has 0 aromatic heterocycles. The van der Waals surface area contributed by atoms with Gasteiger partial charge in [0.25, 0.3) is 0 Å². The molecule has 1 aromatic rings. The van der Waals surface area contributed by atoms with Crippen LogP contribution in [0.1, 0.15) is 36.5 Å². The van der Waals surface area contributed by atoms with Gasteiger partial charge in [-0.3, -0.25) is 0 Å². The molecule has 1 aliphatic rings. The van der Waals surface area contributed by atoms with E-state index in [4.69, 9.17) is 10.5 Å². The van der Waals surface area contributed by atoms with E-state index in [1.807, 2.05) is 6.07 Å². The van der Waals surface area contributed by atoms with Crippen LogP contribution in [0.25, 0.3) is 0 Å². The van der Waals surface area contributed by atoms with E-state index in [1.165, 1.54) is 26.4 Å². The fourth-order valence-electron chi connectivity index (χ4n) is 2.51. The Hall–Kier alpha value is -1.71. The van der Waals surface area contributed by atoms with Crippen LogP contribution in [0.2, 0.25) is 0 Å². The molecule has 0 spiro atoms. The SMILES string of the molecule is COC(=O)c1cc(NC2CCCC2C)ccc1N. The molecule has 1 saturated carbocycles. The largest absolute Gasteiger partial charge is 0.465 e. The number of rotatable bonds is 3. The fraction of sp³-hybridized carbons (Fsp3) is 0.500. The van der Waals surface area contributed by atoms with E-state index in [2.05, 4.69) is 12.2 Å². The molecular weight excluding hydrogens is 228 g/mol. The molecule has 0 aliphatic heterocycles. The third-order valence-corrected chi connectivity index (χ3v) is 3.67. The smallest absolute Gasteiger partial charge is 0.340 e. The maximum atomic E-state index is 11.6. The molecule has 3 N–H and O–H groups in total. The molecule has 2 unspecified atom stereocenters. The number of carbonyl (C=O) groups excluding carboxylic acids is 1. The monoisotopic (exact) mass is 248 g/mol. The van der Waals surface area contributed by atoms with Gasteiger partial charge in [-0.05, 0) is 37.0 Å². The zero-order valence-electron chi connectivity index (χ0n) is 10.9. The molecule has 0 radical (unpaired) electrons. The van der Waals surface area contributed by atoms with Crippen molar-refractivity contribution >= 4 is 17.3 Å². The Labute approximate surface area is 108 Å². The Morgan fingerprint density at radius 1 is 1.44 bits per heavy atom. The van der Waals surface area contributed by atoms with Crippen molar-refractivity contribution in [1.29, 1.82) is 0 Å². The van der Waals surface area contributed by atoms with Crippen LogP contribution in [0.4, 0.5) is 11.4 Å². The van der Waals surface area contributed by atoms with Gasteiger partial charge in [0.1, 0.15) is 0 Å². The molecule has 1 fully saturated rings. The summed E-state index contributed by atoms with van der Waals surface area (Å²) in [6.45, 7) is 2.25. The highest BCUT2D eigenvalue weighted by Gasteiger charge is 2.23. The number of hydrogen-bond donors (Lipinski definition) is 2. The quantitative estimate of drug-likeness (QED) is 0.637. The molecule has 0 saturated heterocycles. The van der Waals surface area contributed by atoms with Gasteiger partial charge in [0.05, 0.1) is 12.7 Å². The lowest BCUT2D eigenvalue weighted by molar-refractivity contribution is 0.0602. The average molecular weight is 248 g/mol. The van der Waals surface area contributed by atoms with Crippen LogP contribution < -0.4 is 11.1 Å². The van der Waals surface area contributed by atoms with E-state index in [1.54, 1.807) is 12.1 Å². The van der Waals surface area contributed by atoms with Gasteiger partial charge in [0.2, 0.25) is 0 Å². The van der Waals surface area contributed by atoms with E-state index in [-0.39, 0.29) is 0 Å². The van der Waals surface area contributed by atoms with Crippen LogP contribution in [0.15, 0.2) is 18.2 Å². The third kappa shape index (κ3) is 2.58. The van der Waals surface area contributed by atoms with E-state index in [0.29, 0.717) is 23.2 Å². The second kappa shape index (κ2) is 5.29. The van der Waals surface area contributed by atoms with Crippen LogP contribution >= 0.6 is 0 Å². The molecule has 98 valence electrons. The van der Waals surface area contributed by atoms with Gasteiger partial charge in [-0.1, -0.05) is 13.3 Å². The van der Waals surface area contributed by atoms with Gasteiger partial charge in [0, 0.05) is 17.4 Å². The number of carbonyl (C=O) groups is 1. The lowest BCUT2D eigenvalue weighted by atomic mass is 10.1. The Bertz CT molecular complexity index is 445. The summed E-state index contributed by atoms with van der Waals surface area (Å²) in [5.41, 5.74) is 7.58. The first-order valence-electron chi connectivity index (χ1n) is 6.36. The van der Waals surface area contributed by atoms with Gasteiger partial charge < -0.3 is 15.8 Å². The summed E-state index contributed by atoms with van der Waals surface area (Å²) in [7, 11) is 1.36. The summed E-state index contributed by atoms with van der Waals surface area (Å²) in [5.74, 6) is 0.278. The summed E-state index contributed by atoms with van der Waals surface area (Å²) in [4.78, 5) is 11.6. The van der Waals surface area contributed by atoms with Gasteiger partial charge >= 0.3 is 5.97 Å². The molecule has 2 atom stereocenters. The summed E-state index contributed by atoms with van der Waals surface area (Å²) >= 11 is 0. The van der Waals surface area contributed by atoms with Crippen LogP contribution in [0, 0.1) is 5.92 Å². The van der Waals surface area contributed by atoms with Crippen molar-refractivity contribution in [1.82, 2.24) is 0 Å². The van der Waals surface area contributed by atoms with E-state index < -0.39 is 5.97 Å². The zero-order valence-corrected chi connectivity index (χ0v) is 10.9. The zero-order chi connectivity index (χ0) is 13.1. The first kappa shape index (κ1) is 12.7. The lowest BCUT2D eigenvalue weighted by Crippen LogP contribution is -2.22. The van der Waals surface area contributed by atoms with E-state index >= 15 is 0 Å². The van der Waals surface area contributed by atoms with Crippen LogP contribution in [-0.2, 0) is 4.74 Å². The molecule has 0 amide bonds. The van der Waals surface area contributed by atoms with Crippen LogP contribution in [-0.4, -0.2) is 19.1 Å². The van der Waals surface area contributed by atoms with E-state index in [9.17, 15) is 4.79 Å². The van der Waals surface area contributed by atoms with Crippen molar-refractivity contribution in [3.8, 4) is 0 Å². The van der Waals surface area contributed by atoms with Crippen LogP contribution in [0.3, 0.4) is 0 Å². The molecule has 18 heavy (non-hydrogen) atoms. The van der Waals surface area contributed by atoms with Crippen molar-refractivity contribution in [3.63, 3.8) is 0 Å². The molecule has 0 heterocycles. The number of anilines is 2. The minimum atomic E-state index is -0.393. The van der Waals surface area contributed by atoms with E-state index in [0.717, 1.165) is 5.69 Å². The van der Waals surface area contributed by atoms with Gasteiger partial charge in [-0.15, -0.1) is 0 Å². The molecule has 1 aliphatic carbocycles. The predicted molar refractivity (Wildman–Crippen MR) is 72.6 cm³/mol. The number of nitrogen functional groups attached to an aromatic ring is 1. The highest BCUT2D eigenvalue weighted by atomic mass is 16.5. The number of ether oxygens (including phenoxy) is 1. The Kier molecular flexibility index (Phi) is 3.75. The fourth-order valence-corrected chi connectivity index (χ4v) is 2.51. The molecule has 4 nitrogen and oxygen atoms in total. The molecule has 0 bridgehead atoms. The van der Waals surface area contributed by atoms with Crippen molar-refractivity contribution in [2.45, 2.75) is 32.2 Å². The summed E-state index contributed by atoms with van der Waals surface area (Å²) < 4.78 is 4.72. The predicted octanol–water partition coefficient (Wildman–Crippen LogP) is 2.66. The third-order valence-electron chi connectivity index (χ3n) is 3.67. The maximum absolute atomic E-state index is 11.6. The maximum Gasteiger partial charge on any atom is 0.340 e. The number of benzene rings is 1. The Balaban J connectivity index is 2.16. The van der Waals surface area contributed by atoms with Crippen molar-refractivity contribution in [2.24, 2.45) is 5.92 Å².